The van der Waals surface area contributed by atoms with E-state index in [1.807, 2.05) is 6.92 Å². The Labute approximate surface area is 108 Å². The number of aromatic amines is 1. The van der Waals surface area contributed by atoms with Crippen LogP contribution in [-0.4, -0.2) is 14.5 Å². The highest BCUT2D eigenvalue weighted by Crippen LogP contribution is 2.05. The number of hydrogen-bond donors (Lipinski definition) is 1. The number of H-pyrrole nitrogens is 1. The molecule has 0 aliphatic heterocycles. The molecule has 0 saturated heterocycles. The van der Waals surface area contributed by atoms with Crippen molar-refractivity contribution in [1.29, 1.82) is 0 Å². The number of aryl methyl sites for hydroxylation is 1. The Morgan fingerprint density at radius 1 is 1.39 bits per heavy atom. The number of rotatable bonds is 3. The van der Waals surface area contributed by atoms with Crippen molar-refractivity contribution in [3.8, 4) is 0 Å². The lowest BCUT2D eigenvalue weighted by Gasteiger charge is -2.06. The van der Waals surface area contributed by atoms with Gasteiger partial charge in [-0.05, 0) is 18.6 Å². The van der Waals surface area contributed by atoms with Crippen molar-refractivity contribution in [2.24, 2.45) is 0 Å². The van der Waals surface area contributed by atoms with E-state index in [0.717, 1.165) is 0 Å². The summed E-state index contributed by atoms with van der Waals surface area (Å²) < 4.78 is 1.42. The molecule has 0 aliphatic rings. The molecule has 0 amide bonds. The third-order valence-electron chi connectivity index (χ3n) is 2.57. The second kappa shape index (κ2) is 5.18. The van der Waals surface area contributed by atoms with Crippen molar-refractivity contribution in [3.63, 3.8) is 0 Å². The minimum atomic E-state index is -0.445. The fourth-order valence-electron chi connectivity index (χ4n) is 1.64. The van der Waals surface area contributed by atoms with Crippen LogP contribution in [0, 0.1) is 0 Å². The van der Waals surface area contributed by atoms with Gasteiger partial charge in [-0.15, -0.1) is 0 Å². The van der Waals surface area contributed by atoms with Crippen LogP contribution >= 0.6 is 11.6 Å². The Kier molecular flexibility index (Phi) is 3.62. The summed E-state index contributed by atoms with van der Waals surface area (Å²) in [4.78, 5) is 29.5. The van der Waals surface area contributed by atoms with E-state index in [9.17, 15) is 9.59 Å². The highest BCUT2D eigenvalue weighted by Gasteiger charge is 2.04. The first-order chi connectivity index (χ1) is 8.60. The summed E-state index contributed by atoms with van der Waals surface area (Å²) in [6.07, 6.45) is 2.13. The first-order valence-corrected chi connectivity index (χ1v) is 5.92. The maximum absolute atomic E-state index is 11.6. The zero-order valence-electron chi connectivity index (χ0n) is 9.81. The molecule has 0 bridgehead atoms. The van der Waals surface area contributed by atoms with Crippen molar-refractivity contribution < 1.29 is 0 Å². The maximum Gasteiger partial charge on any atom is 0.328 e. The Morgan fingerprint density at radius 3 is 2.83 bits per heavy atom. The van der Waals surface area contributed by atoms with Gasteiger partial charge in [0, 0.05) is 11.8 Å². The first kappa shape index (κ1) is 12.6. The number of nitrogens with one attached hydrogen (secondary N) is 1. The smallest absolute Gasteiger partial charge is 0.294 e. The molecule has 2 heterocycles. The summed E-state index contributed by atoms with van der Waals surface area (Å²) in [7, 11) is 0. The van der Waals surface area contributed by atoms with Gasteiger partial charge in [-0.1, -0.05) is 24.6 Å². The molecule has 0 aliphatic carbocycles. The summed E-state index contributed by atoms with van der Waals surface area (Å²) in [6, 6.07) is 5.20. The molecule has 0 spiro atoms. The second-order valence-corrected chi connectivity index (χ2v) is 4.23. The number of pyridine rings is 1. The van der Waals surface area contributed by atoms with Gasteiger partial charge in [-0.2, -0.15) is 0 Å². The summed E-state index contributed by atoms with van der Waals surface area (Å²) >= 11 is 5.78. The fourth-order valence-corrected chi connectivity index (χ4v) is 1.82. The molecule has 0 radical (unpaired) electrons. The Balaban J connectivity index is 2.40. The molecule has 2 rings (SSSR count). The summed E-state index contributed by atoms with van der Waals surface area (Å²) in [5, 5.41) is 0.376. The second-order valence-electron chi connectivity index (χ2n) is 3.85. The monoisotopic (exact) mass is 265 g/mol. The molecule has 2 aromatic heterocycles. The normalized spacial score (nSPS) is 10.6. The zero-order valence-corrected chi connectivity index (χ0v) is 10.6. The zero-order chi connectivity index (χ0) is 13.1. The van der Waals surface area contributed by atoms with Gasteiger partial charge in [0.1, 0.15) is 5.15 Å². The molecule has 94 valence electrons. The van der Waals surface area contributed by atoms with E-state index in [1.165, 1.54) is 4.57 Å². The van der Waals surface area contributed by atoms with E-state index in [0.29, 0.717) is 22.8 Å². The van der Waals surface area contributed by atoms with Gasteiger partial charge < -0.3 is 0 Å². The molecule has 6 heteroatoms. The van der Waals surface area contributed by atoms with Gasteiger partial charge in [0.25, 0.3) is 5.56 Å². The van der Waals surface area contributed by atoms with E-state index in [1.54, 1.807) is 24.4 Å². The van der Waals surface area contributed by atoms with E-state index >= 15 is 0 Å². The van der Waals surface area contributed by atoms with Gasteiger partial charge in [-0.3, -0.25) is 14.3 Å². The Morgan fingerprint density at radius 2 is 2.17 bits per heavy atom. The predicted octanol–water partition coefficient (Wildman–Crippen LogP) is 1.20. The van der Waals surface area contributed by atoms with Gasteiger partial charge in [-0.25, -0.2) is 9.78 Å². The lowest BCUT2D eigenvalue weighted by molar-refractivity contribution is 0.694. The summed E-state index contributed by atoms with van der Waals surface area (Å²) in [5.41, 5.74) is 0.451. The molecule has 0 saturated carbocycles. The topological polar surface area (TPSA) is 67.8 Å². The van der Waals surface area contributed by atoms with Crippen LogP contribution in [0.4, 0.5) is 0 Å². The quantitative estimate of drug-likeness (QED) is 0.848. The van der Waals surface area contributed by atoms with Crippen LogP contribution in [0.2, 0.25) is 5.15 Å². The van der Waals surface area contributed by atoms with Crippen molar-refractivity contribution in [1.82, 2.24) is 14.5 Å². The van der Waals surface area contributed by atoms with E-state index in [2.05, 4.69) is 9.97 Å². The average Bonchev–Trinajstić information content (AvgIpc) is 2.33. The third-order valence-corrected chi connectivity index (χ3v) is 2.78. The molecule has 5 nitrogen and oxygen atoms in total. The summed E-state index contributed by atoms with van der Waals surface area (Å²) in [6.45, 7) is 2.14. The van der Waals surface area contributed by atoms with Crippen molar-refractivity contribution in [2.45, 2.75) is 19.9 Å². The van der Waals surface area contributed by atoms with Crippen LogP contribution in [0.5, 0.6) is 0 Å². The van der Waals surface area contributed by atoms with Crippen LogP contribution in [-0.2, 0) is 13.0 Å². The lowest BCUT2D eigenvalue weighted by atomic mass is 10.2. The fraction of sp³-hybridized carbons (Fsp3) is 0.250. The van der Waals surface area contributed by atoms with Gasteiger partial charge in [0.05, 0.1) is 12.2 Å². The van der Waals surface area contributed by atoms with Crippen molar-refractivity contribution >= 4 is 11.6 Å². The van der Waals surface area contributed by atoms with Crippen LogP contribution in [0.25, 0.3) is 0 Å². The minimum Gasteiger partial charge on any atom is -0.294 e. The average molecular weight is 266 g/mol. The molecule has 0 fully saturated rings. The lowest BCUT2D eigenvalue weighted by Crippen LogP contribution is -2.32. The van der Waals surface area contributed by atoms with Crippen LogP contribution in [0.1, 0.15) is 18.2 Å². The Bertz CT molecular complexity index is 676. The van der Waals surface area contributed by atoms with Gasteiger partial charge in [0.15, 0.2) is 0 Å². The van der Waals surface area contributed by atoms with E-state index in [-0.39, 0.29) is 12.1 Å². The highest BCUT2D eigenvalue weighted by atomic mass is 35.5. The van der Waals surface area contributed by atoms with Crippen LogP contribution in [0.15, 0.2) is 34.0 Å². The standard InChI is InChI=1S/C12H12ClN3O2/c1-2-8-6-16(12(18)15-11(8)17)7-9-4-3-5-10(13)14-9/h3-6H,2,7H2,1H3,(H,15,17,18). The van der Waals surface area contributed by atoms with Crippen LogP contribution in [0.3, 0.4) is 0 Å². The number of aromatic nitrogens is 3. The van der Waals surface area contributed by atoms with Crippen LogP contribution < -0.4 is 11.2 Å². The SMILES string of the molecule is CCc1cn(Cc2cccc(Cl)n2)c(=O)[nH]c1=O. The molecule has 0 unspecified atom stereocenters. The van der Waals surface area contributed by atoms with Crippen molar-refractivity contribution in [3.05, 3.63) is 61.6 Å². The third kappa shape index (κ3) is 2.68. The molecular weight excluding hydrogens is 254 g/mol. The van der Waals surface area contributed by atoms with E-state index < -0.39 is 5.69 Å². The molecule has 0 aromatic carbocycles. The van der Waals surface area contributed by atoms with Gasteiger partial charge >= 0.3 is 5.69 Å². The van der Waals surface area contributed by atoms with Gasteiger partial charge in [0.2, 0.25) is 0 Å². The molecule has 2 aromatic rings. The maximum atomic E-state index is 11.6. The predicted molar refractivity (Wildman–Crippen MR) is 69.0 cm³/mol. The number of hydrogen-bond acceptors (Lipinski definition) is 3. The number of nitrogens with zero attached hydrogens (tertiary/aromatic N) is 2. The molecule has 18 heavy (non-hydrogen) atoms. The molecule has 1 N–H and O–H groups in total. The van der Waals surface area contributed by atoms with Crippen molar-refractivity contribution in [2.75, 3.05) is 0 Å². The number of halogens is 1. The highest BCUT2D eigenvalue weighted by molar-refractivity contribution is 6.29. The summed E-state index contributed by atoms with van der Waals surface area (Å²) in [5.74, 6) is 0. The van der Waals surface area contributed by atoms with E-state index in [4.69, 9.17) is 11.6 Å². The largest absolute Gasteiger partial charge is 0.328 e. The first-order valence-electron chi connectivity index (χ1n) is 5.54. The molecular formula is C12H12ClN3O2. The Hall–Kier alpha value is -1.88. The minimum absolute atomic E-state index is 0.281. The molecule has 0 atom stereocenters.